The molecule has 0 saturated heterocycles. The Balaban J connectivity index is 1.75. The number of aromatic nitrogens is 3. The van der Waals surface area contributed by atoms with Gasteiger partial charge in [0.15, 0.2) is 5.82 Å². The minimum Gasteiger partial charge on any atom is -0.253 e. The maximum Gasteiger partial charge on any atom is 0.178 e. The summed E-state index contributed by atoms with van der Waals surface area (Å²) in [4.78, 5) is 13.5. The molecule has 3 heteroatoms. The topological polar surface area (TPSA) is 38.7 Å². The molecule has 0 bridgehead atoms. The SMILES string of the molecule is c1ccc(-c2ncc(-c3c4ccccc4cc4ccccc34)cn2)nc1. The van der Waals surface area contributed by atoms with Crippen molar-refractivity contribution in [3.8, 4) is 22.6 Å². The van der Waals surface area contributed by atoms with Crippen molar-refractivity contribution in [2.24, 2.45) is 0 Å². The lowest BCUT2D eigenvalue weighted by Crippen LogP contribution is -1.93. The third-order valence-electron chi connectivity index (χ3n) is 4.61. The van der Waals surface area contributed by atoms with Gasteiger partial charge in [-0.3, -0.25) is 4.98 Å². The Kier molecular flexibility index (Phi) is 3.42. The average Bonchev–Trinajstić information content (AvgIpc) is 2.73. The molecule has 0 aliphatic heterocycles. The van der Waals surface area contributed by atoms with Gasteiger partial charge in [0.2, 0.25) is 0 Å². The first-order chi connectivity index (χ1) is 12.9. The van der Waals surface area contributed by atoms with Crippen molar-refractivity contribution in [2.75, 3.05) is 0 Å². The van der Waals surface area contributed by atoms with E-state index in [-0.39, 0.29) is 0 Å². The molecular formula is C23H15N3. The third kappa shape index (κ3) is 2.42. The average molecular weight is 333 g/mol. The molecule has 0 radical (unpaired) electrons. The highest BCUT2D eigenvalue weighted by Gasteiger charge is 2.11. The Morgan fingerprint density at radius 2 is 1.19 bits per heavy atom. The molecule has 2 heterocycles. The van der Waals surface area contributed by atoms with Crippen molar-refractivity contribution < 1.29 is 0 Å². The summed E-state index contributed by atoms with van der Waals surface area (Å²) in [7, 11) is 0. The van der Waals surface area contributed by atoms with Crippen LogP contribution in [-0.2, 0) is 0 Å². The number of fused-ring (bicyclic) bond motifs is 2. The van der Waals surface area contributed by atoms with Crippen LogP contribution >= 0.6 is 0 Å². The van der Waals surface area contributed by atoms with Gasteiger partial charge in [0.25, 0.3) is 0 Å². The van der Waals surface area contributed by atoms with E-state index in [1.54, 1.807) is 6.20 Å². The zero-order valence-corrected chi connectivity index (χ0v) is 14.0. The molecule has 0 amide bonds. The van der Waals surface area contributed by atoms with Crippen LogP contribution in [0.25, 0.3) is 44.2 Å². The number of rotatable bonds is 2. The van der Waals surface area contributed by atoms with Gasteiger partial charge in [-0.1, -0.05) is 54.6 Å². The van der Waals surface area contributed by atoms with Crippen LogP contribution < -0.4 is 0 Å². The third-order valence-corrected chi connectivity index (χ3v) is 4.61. The number of hydrogen-bond acceptors (Lipinski definition) is 3. The molecule has 122 valence electrons. The molecule has 0 spiro atoms. The lowest BCUT2D eigenvalue weighted by Gasteiger charge is -2.11. The predicted molar refractivity (Wildman–Crippen MR) is 106 cm³/mol. The zero-order valence-electron chi connectivity index (χ0n) is 14.0. The van der Waals surface area contributed by atoms with Crippen molar-refractivity contribution in [3.63, 3.8) is 0 Å². The number of hydrogen-bond donors (Lipinski definition) is 0. The second kappa shape index (κ2) is 6.05. The molecule has 2 aromatic heterocycles. The van der Waals surface area contributed by atoms with Crippen molar-refractivity contribution in [2.45, 2.75) is 0 Å². The van der Waals surface area contributed by atoms with Gasteiger partial charge in [0.05, 0.1) is 0 Å². The van der Waals surface area contributed by atoms with Crippen molar-refractivity contribution in [1.82, 2.24) is 15.0 Å². The molecule has 0 aliphatic carbocycles. The highest BCUT2D eigenvalue weighted by atomic mass is 14.9. The molecule has 0 atom stereocenters. The van der Waals surface area contributed by atoms with E-state index in [1.165, 1.54) is 27.1 Å². The summed E-state index contributed by atoms with van der Waals surface area (Å²) in [5.41, 5.74) is 2.96. The Morgan fingerprint density at radius 1 is 0.577 bits per heavy atom. The molecule has 26 heavy (non-hydrogen) atoms. The second-order valence-corrected chi connectivity index (χ2v) is 6.20. The van der Waals surface area contributed by atoms with Gasteiger partial charge in [-0.2, -0.15) is 0 Å². The van der Waals surface area contributed by atoms with E-state index in [9.17, 15) is 0 Å². The number of benzene rings is 3. The Labute approximate surface area is 151 Å². The van der Waals surface area contributed by atoms with E-state index in [1.807, 2.05) is 30.6 Å². The smallest absolute Gasteiger partial charge is 0.178 e. The van der Waals surface area contributed by atoms with Gasteiger partial charge in [-0.05, 0) is 39.7 Å². The summed E-state index contributed by atoms with van der Waals surface area (Å²) in [5, 5.41) is 4.85. The van der Waals surface area contributed by atoms with Crippen LogP contribution in [0.15, 0.2) is 91.4 Å². The largest absolute Gasteiger partial charge is 0.253 e. The molecule has 0 fully saturated rings. The van der Waals surface area contributed by atoms with E-state index in [0.717, 1.165) is 11.3 Å². The first-order valence-electron chi connectivity index (χ1n) is 8.54. The van der Waals surface area contributed by atoms with Gasteiger partial charge in [-0.25, -0.2) is 9.97 Å². The number of pyridine rings is 1. The fourth-order valence-electron chi connectivity index (χ4n) is 3.41. The van der Waals surface area contributed by atoms with Crippen LogP contribution in [0.1, 0.15) is 0 Å². The fourth-order valence-corrected chi connectivity index (χ4v) is 3.41. The van der Waals surface area contributed by atoms with Crippen LogP contribution in [0.2, 0.25) is 0 Å². The fraction of sp³-hybridized carbons (Fsp3) is 0. The monoisotopic (exact) mass is 333 g/mol. The summed E-state index contributed by atoms with van der Waals surface area (Å²) in [5.74, 6) is 0.638. The molecule has 5 rings (SSSR count). The molecule has 0 N–H and O–H groups in total. The molecule has 3 aromatic carbocycles. The van der Waals surface area contributed by atoms with E-state index >= 15 is 0 Å². The molecule has 0 saturated carbocycles. The molecule has 5 aromatic rings. The van der Waals surface area contributed by atoms with E-state index in [2.05, 4.69) is 69.5 Å². The summed E-state index contributed by atoms with van der Waals surface area (Å²) in [6, 6.07) is 24.9. The maximum absolute atomic E-state index is 4.57. The van der Waals surface area contributed by atoms with Crippen LogP contribution in [0.3, 0.4) is 0 Å². The van der Waals surface area contributed by atoms with Gasteiger partial charge in [0.1, 0.15) is 5.69 Å². The van der Waals surface area contributed by atoms with Crippen molar-refractivity contribution >= 4 is 21.5 Å². The minimum absolute atomic E-state index is 0.638. The van der Waals surface area contributed by atoms with Crippen molar-refractivity contribution in [3.05, 3.63) is 91.4 Å². The lowest BCUT2D eigenvalue weighted by atomic mass is 9.93. The number of nitrogens with zero attached hydrogens (tertiary/aromatic N) is 3. The molecule has 0 aliphatic rings. The van der Waals surface area contributed by atoms with Gasteiger partial charge >= 0.3 is 0 Å². The summed E-state index contributed by atoms with van der Waals surface area (Å²) < 4.78 is 0. The predicted octanol–water partition coefficient (Wildman–Crippen LogP) is 5.51. The van der Waals surface area contributed by atoms with E-state index in [4.69, 9.17) is 0 Å². The summed E-state index contributed by atoms with van der Waals surface area (Å²) in [6.07, 6.45) is 5.54. The quantitative estimate of drug-likeness (QED) is 0.400. The van der Waals surface area contributed by atoms with E-state index < -0.39 is 0 Å². The summed E-state index contributed by atoms with van der Waals surface area (Å²) >= 11 is 0. The van der Waals surface area contributed by atoms with Gasteiger partial charge < -0.3 is 0 Å². The first kappa shape index (κ1) is 14.7. The van der Waals surface area contributed by atoms with E-state index in [0.29, 0.717) is 5.82 Å². The second-order valence-electron chi connectivity index (χ2n) is 6.20. The van der Waals surface area contributed by atoms with Crippen LogP contribution in [0.5, 0.6) is 0 Å². The molecule has 3 nitrogen and oxygen atoms in total. The van der Waals surface area contributed by atoms with Crippen LogP contribution in [0.4, 0.5) is 0 Å². The van der Waals surface area contributed by atoms with Crippen LogP contribution in [0, 0.1) is 0 Å². The lowest BCUT2D eigenvalue weighted by molar-refractivity contribution is 1.14. The highest BCUT2D eigenvalue weighted by molar-refractivity contribution is 6.12. The summed E-state index contributed by atoms with van der Waals surface area (Å²) in [6.45, 7) is 0. The highest BCUT2D eigenvalue weighted by Crippen LogP contribution is 2.35. The Bertz CT molecular complexity index is 1160. The normalized spacial score (nSPS) is 11.1. The minimum atomic E-state index is 0.638. The maximum atomic E-state index is 4.57. The van der Waals surface area contributed by atoms with Gasteiger partial charge in [-0.15, -0.1) is 0 Å². The molecular weight excluding hydrogens is 318 g/mol. The van der Waals surface area contributed by atoms with Crippen molar-refractivity contribution in [1.29, 1.82) is 0 Å². The molecule has 0 unspecified atom stereocenters. The zero-order chi connectivity index (χ0) is 17.3. The Hall–Kier alpha value is -3.59. The van der Waals surface area contributed by atoms with Gasteiger partial charge in [0, 0.05) is 29.7 Å². The van der Waals surface area contributed by atoms with Crippen LogP contribution in [-0.4, -0.2) is 15.0 Å². The first-order valence-corrected chi connectivity index (χ1v) is 8.54. The standard InChI is InChI=1S/C23H15N3/c1-3-9-19-16(7-1)13-17-8-2-4-10-20(17)22(19)18-14-25-23(26-15-18)21-11-5-6-12-24-21/h1-15H. The Morgan fingerprint density at radius 3 is 1.81 bits per heavy atom.